The number of amides is 2. The van der Waals surface area contributed by atoms with E-state index in [1.165, 1.54) is 0 Å². The van der Waals surface area contributed by atoms with E-state index in [4.69, 9.17) is 10.5 Å². The van der Waals surface area contributed by atoms with Crippen LogP contribution in [0.4, 0.5) is 4.79 Å². The molecular weight excluding hydrogens is 194 g/mol. The zero-order valence-corrected chi connectivity index (χ0v) is 9.37. The molecule has 1 fully saturated rings. The summed E-state index contributed by atoms with van der Waals surface area (Å²) in [5, 5.41) is 2.88. The fourth-order valence-corrected chi connectivity index (χ4v) is 1.50. The van der Waals surface area contributed by atoms with Crippen LogP contribution in [0.5, 0.6) is 0 Å². The van der Waals surface area contributed by atoms with Crippen LogP contribution in [0.15, 0.2) is 0 Å². The summed E-state index contributed by atoms with van der Waals surface area (Å²) < 4.78 is 5.17. The summed E-state index contributed by atoms with van der Waals surface area (Å²) in [5.74, 6) is 0. The molecule has 1 atom stereocenters. The maximum absolute atomic E-state index is 11.6. The van der Waals surface area contributed by atoms with Crippen molar-refractivity contribution in [3.8, 4) is 0 Å². The van der Waals surface area contributed by atoms with Gasteiger partial charge in [0.15, 0.2) is 0 Å². The van der Waals surface area contributed by atoms with Gasteiger partial charge in [-0.05, 0) is 19.8 Å². The Balaban J connectivity index is 2.07. The summed E-state index contributed by atoms with van der Waals surface area (Å²) in [6.07, 6.45) is 1.89. The van der Waals surface area contributed by atoms with Crippen molar-refractivity contribution in [2.45, 2.75) is 25.8 Å². The van der Waals surface area contributed by atoms with Gasteiger partial charge in [-0.2, -0.15) is 0 Å². The highest BCUT2D eigenvalue weighted by Crippen LogP contribution is 1.97. The average Bonchev–Trinajstić information content (AvgIpc) is 2.25. The van der Waals surface area contributed by atoms with E-state index in [0.717, 1.165) is 12.8 Å². The third-order valence-electron chi connectivity index (χ3n) is 2.41. The van der Waals surface area contributed by atoms with E-state index in [0.29, 0.717) is 32.8 Å². The molecule has 3 N–H and O–H groups in total. The van der Waals surface area contributed by atoms with E-state index in [2.05, 4.69) is 5.32 Å². The second-order valence-electron chi connectivity index (χ2n) is 3.95. The molecule has 1 aliphatic heterocycles. The summed E-state index contributed by atoms with van der Waals surface area (Å²) in [6, 6.07) is 0.230. The number of carbonyl (C=O) groups is 1. The van der Waals surface area contributed by atoms with Gasteiger partial charge in [0.1, 0.15) is 0 Å². The Hall–Kier alpha value is -0.810. The normalized spacial score (nSPS) is 18.7. The number of rotatable bonds is 4. The van der Waals surface area contributed by atoms with Gasteiger partial charge in [-0.1, -0.05) is 0 Å². The third kappa shape index (κ3) is 4.99. The van der Waals surface area contributed by atoms with Gasteiger partial charge in [-0.15, -0.1) is 0 Å². The van der Waals surface area contributed by atoms with Crippen LogP contribution in [0.2, 0.25) is 0 Å². The Bertz CT molecular complexity index is 191. The van der Waals surface area contributed by atoms with Gasteiger partial charge >= 0.3 is 6.03 Å². The SMILES string of the molecule is CC(N)CCCNC(=O)N1CCOCC1. The van der Waals surface area contributed by atoms with Crippen molar-refractivity contribution >= 4 is 6.03 Å². The zero-order chi connectivity index (χ0) is 11.1. The van der Waals surface area contributed by atoms with Crippen LogP contribution in [0.25, 0.3) is 0 Å². The molecule has 1 rings (SSSR count). The molecule has 1 saturated heterocycles. The maximum Gasteiger partial charge on any atom is 0.317 e. The van der Waals surface area contributed by atoms with Crippen LogP contribution < -0.4 is 11.1 Å². The molecule has 1 aliphatic rings. The molecule has 15 heavy (non-hydrogen) atoms. The van der Waals surface area contributed by atoms with Gasteiger partial charge in [0.25, 0.3) is 0 Å². The Kier molecular flexibility index (Phi) is 5.42. The van der Waals surface area contributed by atoms with Crippen LogP contribution in [0, 0.1) is 0 Å². The molecule has 2 amide bonds. The Labute approximate surface area is 90.9 Å². The summed E-state index contributed by atoms with van der Waals surface area (Å²) in [5.41, 5.74) is 5.61. The number of ether oxygens (including phenoxy) is 1. The first-order valence-electron chi connectivity index (χ1n) is 5.56. The smallest absolute Gasteiger partial charge is 0.317 e. The van der Waals surface area contributed by atoms with E-state index in [9.17, 15) is 4.79 Å². The largest absolute Gasteiger partial charge is 0.378 e. The number of nitrogens with zero attached hydrogens (tertiary/aromatic N) is 1. The van der Waals surface area contributed by atoms with Crippen molar-refractivity contribution in [2.24, 2.45) is 5.73 Å². The first kappa shape index (κ1) is 12.3. The van der Waals surface area contributed by atoms with E-state index >= 15 is 0 Å². The summed E-state index contributed by atoms with van der Waals surface area (Å²) in [6.45, 7) is 5.36. The quantitative estimate of drug-likeness (QED) is 0.656. The fraction of sp³-hybridized carbons (Fsp3) is 0.900. The molecule has 1 heterocycles. The molecule has 0 aromatic heterocycles. The molecule has 88 valence electrons. The zero-order valence-electron chi connectivity index (χ0n) is 9.37. The Morgan fingerprint density at radius 2 is 2.20 bits per heavy atom. The number of hydrogen-bond donors (Lipinski definition) is 2. The van der Waals surface area contributed by atoms with Crippen LogP contribution in [0.1, 0.15) is 19.8 Å². The Morgan fingerprint density at radius 3 is 2.80 bits per heavy atom. The molecule has 0 aromatic carbocycles. The minimum absolute atomic E-state index is 0.0166. The summed E-state index contributed by atoms with van der Waals surface area (Å²) >= 11 is 0. The summed E-state index contributed by atoms with van der Waals surface area (Å²) in [7, 11) is 0. The van der Waals surface area contributed by atoms with Crippen molar-refractivity contribution in [1.29, 1.82) is 0 Å². The highest BCUT2D eigenvalue weighted by Gasteiger charge is 2.15. The summed E-state index contributed by atoms with van der Waals surface area (Å²) in [4.78, 5) is 13.4. The molecular formula is C10H21N3O2. The van der Waals surface area contributed by atoms with E-state index in [-0.39, 0.29) is 12.1 Å². The molecule has 0 saturated carbocycles. The minimum Gasteiger partial charge on any atom is -0.378 e. The number of nitrogens with one attached hydrogen (secondary N) is 1. The number of hydrogen-bond acceptors (Lipinski definition) is 3. The maximum atomic E-state index is 11.6. The standard InChI is InChI=1S/C10H21N3O2/c1-9(11)3-2-4-12-10(14)13-5-7-15-8-6-13/h9H,2-8,11H2,1H3,(H,12,14). The topological polar surface area (TPSA) is 67.6 Å². The molecule has 0 bridgehead atoms. The lowest BCUT2D eigenvalue weighted by Gasteiger charge is -2.26. The van der Waals surface area contributed by atoms with Crippen LogP contribution >= 0.6 is 0 Å². The van der Waals surface area contributed by atoms with E-state index < -0.39 is 0 Å². The number of carbonyl (C=O) groups excluding carboxylic acids is 1. The van der Waals surface area contributed by atoms with Crippen LogP contribution in [0.3, 0.4) is 0 Å². The van der Waals surface area contributed by atoms with Gasteiger partial charge in [-0.25, -0.2) is 4.79 Å². The lowest BCUT2D eigenvalue weighted by atomic mass is 10.2. The lowest BCUT2D eigenvalue weighted by Crippen LogP contribution is -2.46. The van der Waals surface area contributed by atoms with Crippen molar-refractivity contribution in [2.75, 3.05) is 32.8 Å². The van der Waals surface area contributed by atoms with Gasteiger partial charge in [0, 0.05) is 25.7 Å². The van der Waals surface area contributed by atoms with Crippen molar-refractivity contribution in [3.05, 3.63) is 0 Å². The number of urea groups is 1. The van der Waals surface area contributed by atoms with Crippen LogP contribution in [-0.4, -0.2) is 49.8 Å². The lowest BCUT2D eigenvalue weighted by molar-refractivity contribution is 0.0532. The highest BCUT2D eigenvalue weighted by molar-refractivity contribution is 5.74. The van der Waals surface area contributed by atoms with Gasteiger partial charge < -0.3 is 20.7 Å². The minimum atomic E-state index is 0.0166. The molecule has 5 nitrogen and oxygen atoms in total. The van der Waals surface area contributed by atoms with E-state index in [1.807, 2.05) is 6.92 Å². The predicted molar refractivity (Wildman–Crippen MR) is 58.7 cm³/mol. The molecule has 0 aromatic rings. The number of morpholine rings is 1. The first-order chi connectivity index (χ1) is 7.20. The molecule has 0 radical (unpaired) electrons. The van der Waals surface area contributed by atoms with Crippen molar-refractivity contribution in [1.82, 2.24) is 10.2 Å². The van der Waals surface area contributed by atoms with Gasteiger partial charge in [0.05, 0.1) is 13.2 Å². The van der Waals surface area contributed by atoms with E-state index in [1.54, 1.807) is 4.90 Å². The molecule has 0 aliphatic carbocycles. The van der Waals surface area contributed by atoms with Gasteiger partial charge in [0.2, 0.25) is 0 Å². The second-order valence-corrected chi connectivity index (χ2v) is 3.95. The fourth-order valence-electron chi connectivity index (χ4n) is 1.50. The second kappa shape index (κ2) is 6.63. The monoisotopic (exact) mass is 215 g/mol. The third-order valence-corrected chi connectivity index (χ3v) is 2.41. The Morgan fingerprint density at radius 1 is 1.53 bits per heavy atom. The molecule has 0 spiro atoms. The predicted octanol–water partition coefficient (Wildman–Crippen LogP) is 0.156. The molecule has 1 unspecified atom stereocenters. The van der Waals surface area contributed by atoms with Crippen molar-refractivity contribution < 1.29 is 9.53 Å². The number of nitrogens with two attached hydrogens (primary N) is 1. The average molecular weight is 215 g/mol. The van der Waals surface area contributed by atoms with Gasteiger partial charge in [-0.3, -0.25) is 0 Å². The van der Waals surface area contributed by atoms with Crippen molar-refractivity contribution in [3.63, 3.8) is 0 Å². The highest BCUT2D eigenvalue weighted by atomic mass is 16.5. The first-order valence-corrected chi connectivity index (χ1v) is 5.56. The molecule has 5 heteroatoms. The van der Waals surface area contributed by atoms with Crippen LogP contribution in [-0.2, 0) is 4.74 Å².